The van der Waals surface area contributed by atoms with Crippen molar-refractivity contribution in [2.45, 2.75) is 0 Å². The molecule has 0 N–H and O–H groups in total. The van der Waals surface area contributed by atoms with Gasteiger partial charge in [0.05, 0.1) is 5.02 Å². The highest BCUT2D eigenvalue weighted by Crippen LogP contribution is 2.10. The molecule has 0 unspecified atom stereocenters. The van der Waals surface area contributed by atoms with Gasteiger partial charge in [-0.15, -0.1) is 0 Å². The van der Waals surface area contributed by atoms with E-state index in [2.05, 4.69) is 0 Å². The van der Waals surface area contributed by atoms with Crippen molar-refractivity contribution in [1.29, 1.82) is 0 Å². The van der Waals surface area contributed by atoms with Gasteiger partial charge in [-0.05, 0) is 11.4 Å². The van der Waals surface area contributed by atoms with E-state index in [9.17, 15) is 0 Å². The lowest BCUT2D eigenvalue weighted by molar-refractivity contribution is -0.0979. The molecular weight excluding hydrogens is 144 g/mol. The van der Waals surface area contributed by atoms with Gasteiger partial charge in [0.25, 0.3) is 0 Å². The molecule has 44 valence electrons. The van der Waals surface area contributed by atoms with Crippen LogP contribution in [0.3, 0.4) is 0 Å². The van der Waals surface area contributed by atoms with Gasteiger partial charge < -0.3 is 4.79 Å². The highest BCUT2D eigenvalue weighted by molar-refractivity contribution is 7.08. The van der Waals surface area contributed by atoms with E-state index in [0.29, 0.717) is 0 Å². The molecule has 0 bridgehead atoms. The highest BCUT2D eigenvalue weighted by Gasteiger charge is 1.77. The molecule has 0 fully saturated rings. The van der Waals surface area contributed by atoms with Gasteiger partial charge in [-0.25, -0.2) is 0 Å². The third kappa shape index (κ3) is 2.77. The molecule has 0 saturated heterocycles. The van der Waals surface area contributed by atoms with Crippen LogP contribution in [0.1, 0.15) is 0 Å². The smallest absolute Gasteiger partial charge is 0.106 e. The minimum atomic E-state index is 0.833. The van der Waals surface area contributed by atoms with Crippen molar-refractivity contribution in [3.8, 4) is 0 Å². The minimum absolute atomic E-state index is 0.833. The van der Waals surface area contributed by atoms with E-state index in [-0.39, 0.29) is 0 Å². The van der Waals surface area contributed by atoms with Gasteiger partial charge in [-0.2, -0.15) is 11.3 Å². The van der Waals surface area contributed by atoms with Gasteiger partial charge >= 0.3 is 0 Å². The second-order valence-electron chi connectivity index (χ2n) is 0.942. The lowest BCUT2D eigenvalue weighted by Crippen LogP contribution is -1.34. The highest BCUT2D eigenvalue weighted by atomic mass is 35.5. The molecule has 0 saturated carbocycles. The zero-order valence-corrected chi connectivity index (χ0v) is 5.71. The standard InChI is InChI=1S/C4H3ClS.CH2O/c5-4-1-2-6-3-4;1-2/h1-3H;1H2. The summed E-state index contributed by atoms with van der Waals surface area (Å²) in [6, 6.07) is 1.87. The van der Waals surface area contributed by atoms with E-state index < -0.39 is 0 Å². The molecule has 1 nitrogen and oxygen atoms in total. The Morgan fingerprint density at radius 1 is 1.62 bits per heavy atom. The van der Waals surface area contributed by atoms with Crippen LogP contribution in [0.25, 0.3) is 0 Å². The first-order chi connectivity index (χ1) is 3.89. The Labute approximate surface area is 56.9 Å². The number of thiophene rings is 1. The van der Waals surface area contributed by atoms with Gasteiger partial charge in [0.2, 0.25) is 0 Å². The second kappa shape index (κ2) is 4.81. The van der Waals surface area contributed by atoms with Crippen molar-refractivity contribution in [1.82, 2.24) is 0 Å². The molecule has 0 amide bonds. The number of carbonyl (C=O) groups excluding carboxylic acids is 1. The maximum absolute atomic E-state index is 8.00. The van der Waals surface area contributed by atoms with Gasteiger partial charge in [0.15, 0.2) is 0 Å². The summed E-state index contributed by atoms with van der Waals surface area (Å²) in [6.07, 6.45) is 0. The van der Waals surface area contributed by atoms with Crippen molar-refractivity contribution in [3.05, 3.63) is 21.8 Å². The maximum atomic E-state index is 8.00. The van der Waals surface area contributed by atoms with Crippen molar-refractivity contribution in [2.75, 3.05) is 0 Å². The molecule has 0 aliphatic carbocycles. The zero-order chi connectivity index (χ0) is 6.41. The normalized spacial score (nSPS) is 7.12. The number of carbonyl (C=O) groups is 1. The summed E-state index contributed by atoms with van der Waals surface area (Å²) in [7, 11) is 0. The topological polar surface area (TPSA) is 17.1 Å². The third-order valence-corrected chi connectivity index (χ3v) is 1.53. The Bertz CT molecular complexity index is 127. The fraction of sp³-hybridized carbons (Fsp3) is 0. The van der Waals surface area contributed by atoms with Gasteiger partial charge in [0, 0.05) is 5.38 Å². The Kier molecular flexibility index (Phi) is 4.61. The van der Waals surface area contributed by atoms with E-state index in [0.717, 1.165) is 5.02 Å². The zero-order valence-electron chi connectivity index (χ0n) is 4.13. The van der Waals surface area contributed by atoms with Crippen molar-refractivity contribution in [3.63, 3.8) is 0 Å². The van der Waals surface area contributed by atoms with Crippen LogP contribution in [-0.4, -0.2) is 6.79 Å². The summed E-state index contributed by atoms with van der Waals surface area (Å²) in [6.45, 7) is 2.00. The third-order valence-electron chi connectivity index (χ3n) is 0.486. The first kappa shape index (κ1) is 7.66. The Balaban J connectivity index is 0.000000222. The monoisotopic (exact) mass is 148 g/mol. The molecule has 0 atom stereocenters. The summed E-state index contributed by atoms with van der Waals surface area (Å²) < 4.78 is 0. The summed E-state index contributed by atoms with van der Waals surface area (Å²) >= 11 is 7.07. The molecular formula is C5H5ClOS. The van der Waals surface area contributed by atoms with Gasteiger partial charge in [-0.3, -0.25) is 0 Å². The number of rotatable bonds is 0. The predicted molar refractivity (Wildman–Crippen MR) is 36.5 cm³/mol. The van der Waals surface area contributed by atoms with Crippen LogP contribution < -0.4 is 0 Å². The first-order valence-corrected chi connectivity index (χ1v) is 3.18. The van der Waals surface area contributed by atoms with E-state index in [1.807, 2.05) is 23.6 Å². The molecule has 0 spiro atoms. The molecule has 0 aromatic carbocycles. The number of hydrogen-bond acceptors (Lipinski definition) is 2. The molecule has 1 aromatic rings. The van der Waals surface area contributed by atoms with Crippen LogP contribution in [0.5, 0.6) is 0 Å². The SMILES string of the molecule is C=O.Clc1ccsc1. The van der Waals surface area contributed by atoms with Crippen molar-refractivity contribution in [2.24, 2.45) is 0 Å². The predicted octanol–water partition coefficient (Wildman–Crippen LogP) is 2.22. The summed E-state index contributed by atoms with van der Waals surface area (Å²) in [5.41, 5.74) is 0. The van der Waals surface area contributed by atoms with E-state index in [4.69, 9.17) is 16.4 Å². The Morgan fingerprint density at radius 2 is 2.25 bits per heavy atom. The molecule has 0 aliphatic rings. The number of halogens is 1. The largest absolute Gasteiger partial charge is 0.307 e. The summed E-state index contributed by atoms with van der Waals surface area (Å²) in [4.78, 5) is 8.00. The molecule has 1 aromatic heterocycles. The van der Waals surface area contributed by atoms with Gasteiger partial charge in [0.1, 0.15) is 6.79 Å². The van der Waals surface area contributed by atoms with Crippen molar-refractivity contribution < 1.29 is 4.79 Å². The second-order valence-corrected chi connectivity index (χ2v) is 2.16. The maximum Gasteiger partial charge on any atom is 0.106 e. The van der Waals surface area contributed by atoms with Crippen LogP contribution >= 0.6 is 22.9 Å². The average Bonchev–Trinajstić information content (AvgIpc) is 2.24. The molecule has 3 heteroatoms. The van der Waals surface area contributed by atoms with E-state index in [1.54, 1.807) is 11.3 Å². The van der Waals surface area contributed by atoms with Crippen LogP contribution in [0, 0.1) is 0 Å². The lowest BCUT2D eigenvalue weighted by Gasteiger charge is -1.61. The fourth-order valence-corrected chi connectivity index (χ4v) is 1.05. The Morgan fingerprint density at radius 3 is 2.38 bits per heavy atom. The first-order valence-electron chi connectivity index (χ1n) is 1.86. The quantitative estimate of drug-likeness (QED) is 0.552. The van der Waals surface area contributed by atoms with Crippen LogP contribution in [0.2, 0.25) is 5.02 Å². The lowest BCUT2D eigenvalue weighted by atomic mass is 10.7. The van der Waals surface area contributed by atoms with E-state index >= 15 is 0 Å². The molecule has 0 aliphatic heterocycles. The molecule has 8 heavy (non-hydrogen) atoms. The molecule has 1 heterocycles. The van der Waals surface area contributed by atoms with Crippen molar-refractivity contribution >= 4 is 29.7 Å². The van der Waals surface area contributed by atoms with Gasteiger partial charge in [-0.1, -0.05) is 11.6 Å². The Hall–Kier alpha value is -0.340. The van der Waals surface area contributed by atoms with Crippen LogP contribution in [0.15, 0.2) is 16.8 Å². The van der Waals surface area contributed by atoms with E-state index in [1.165, 1.54) is 0 Å². The summed E-state index contributed by atoms with van der Waals surface area (Å²) in [5, 5.41) is 4.67. The summed E-state index contributed by atoms with van der Waals surface area (Å²) in [5.74, 6) is 0. The number of hydrogen-bond donors (Lipinski definition) is 0. The average molecular weight is 149 g/mol. The minimum Gasteiger partial charge on any atom is -0.307 e. The van der Waals surface area contributed by atoms with Crippen LogP contribution in [-0.2, 0) is 4.79 Å². The fourth-order valence-electron chi connectivity index (χ4n) is 0.248. The molecule has 0 radical (unpaired) electrons. The molecule has 1 rings (SSSR count). The van der Waals surface area contributed by atoms with Crippen LogP contribution in [0.4, 0.5) is 0 Å².